The second kappa shape index (κ2) is 7.97. The molecule has 2 aromatic heterocycles. The highest BCUT2D eigenvalue weighted by Gasteiger charge is 2.16. The van der Waals surface area contributed by atoms with Gasteiger partial charge in [-0.2, -0.15) is 10.2 Å². The zero-order valence-electron chi connectivity index (χ0n) is 16.2. The van der Waals surface area contributed by atoms with Crippen LogP contribution in [0.5, 0.6) is 0 Å². The quantitative estimate of drug-likeness (QED) is 0.525. The summed E-state index contributed by atoms with van der Waals surface area (Å²) in [5.41, 5.74) is 4.15. The third-order valence-electron chi connectivity index (χ3n) is 4.97. The summed E-state index contributed by atoms with van der Waals surface area (Å²) in [7, 11) is 0. The van der Waals surface area contributed by atoms with Crippen molar-refractivity contribution in [1.82, 2.24) is 24.9 Å². The molecule has 0 fully saturated rings. The number of nitrogens with zero attached hydrogens (tertiary/aromatic N) is 4. The van der Waals surface area contributed by atoms with E-state index in [1.54, 1.807) is 12.4 Å². The normalized spacial score (nSPS) is 12.3. The summed E-state index contributed by atoms with van der Waals surface area (Å²) in [6.07, 6.45) is 5.37. The number of rotatable bonds is 6. The number of halogens is 2. The lowest BCUT2D eigenvalue weighted by Gasteiger charge is -2.15. The van der Waals surface area contributed by atoms with E-state index >= 15 is 0 Å². The van der Waals surface area contributed by atoms with Gasteiger partial charge in [0.1, 0.15) is 11.5 Å². The van der Waals surface area contributed by atoms with Crippen LogP contribution in [0.2, 0.25) is 0 Å². The topological polar surface area (TPSA) is 47.7 Å². The van der Waals surface area contributed by atoms with E-state index in [9.17, 15) is 8.78 Å². The first-order valence-electron chi connectivity index (χ1n) is 9.35. The zero-order valence-corrected chi connectivity index (χ0v) is 16.2. The lowest BCUT2D eigenvalue weighted by molar-refractivity contribution is 0.566. The molecule has 0 aliphatic heterocycles. The summed E-state index contributed by atoms with van der Waals surface area (Å²) in [6, 6.07) is 13.5. The number of hydrogen-bond donors (Lipinski definition) is 1. The van der Waals surface area contributed by atoms with E-state index in [2.05, 4.69) is 27.6 Å². The molecule has 0 spiro atoms. The molecular formula is C22H21F2N5. The highest BCUT2D eigenvalue weighted by atomic mass is 19.1. The maximum Gasteiger partial charge on any atom is 0.151 e. The Hall–Kier alpha value is -3.32. The molecule has 148 valence electrons. The van der Waals surface area contributed by atoms with Crippen molar-refractivity contribution in [3.8, 4) is 11.4 Å². The van der Waals surface area contributed by atoms with E-state index < -0.39 is 11.6 Å². The van der Waals surface area contributed by atoms with Gasteiger partial charge in [-0.25, -0.2) is 18.1 Å². The molecule has 4 aromatic rings. The third-order valence-corrected chi connectivity index (χ3v) is 4.97. The second-order valence-corrected chi connectivity index (χ2v) is 6.91. The van der Waals surface area contributed by atoms with Crippen LogP contribution in [-0.4, -0.2) is 19.6 Å². The first-order chi connectivity index (χ1) is 14.0. The van der Waals surface area contributed by atoms with Crippen LogP contribution in [0.25, 0.3) is 11.4 Å². The molecule has 0 radical (unpaired) electrons. The Morgan fingerprint density at radius 1 is 1.07 bits per heavy atom. The smallest absolute Gasteiger partial charge is 0.151 e. The fraction of sp³-hybridized carbons (Fsp3) is 0.182. The maximum atomic E-state index is 14.1. The lowest BCUT2D eigenvalue weighted by Crippen LogP contribution is -2.18. The average Bonchev–Trinajstić information content (AvgIpc) is 3.37. The summed E-state index contributed by atoms with van der Waals surface area (Å²) in [4.78, 5) is 0. The van der Waals surface area contributed by atoms with Crippen LogP contribution in [0.15, 0.2) is 67.1 Å². The number of benzene rings is 2. The Morgan fingerprint density at radius 3 is 2.55 bits per heavy atom. The van der Waals surface area contributed by atoms with E-state index in [-0.39, 0.29) is 11.7 Å². The van der Waals surface area contributed by atoms with Crippen molar-refractivity contribution in [3.63, 3.8) is 0 Å². The molecule has 0 saturated carbocycles. The van der Waals surface area contributed by atoms with Crippen LogP contribution in [0, 0.1) is 18.6 Å². The molecule has 2 aromatic carbocycles. The predicted molar refractivity (Wildman–Crippen MR) is 107 cm³/mol. The summed E-state index contributed by atoms with van der Waals surface area (Å²) in [5.74, 6) is -1.24. The maximum absolute atomic E-state index is 14.1. The minimum absolute atomic E-state index is 0.0121. The predicted octanol–water partition coefficient (Wildman–Crippen LogP) is 4.50. The van der Waals surface area contributed by atoms with Crippen molar-refractivity contribution in [2.24, 2.45) is 0 Å². The van der Waals surface area contributed by atoms with Gasteiger partial charge < -0.3 is 5.32 Å². The average molecular weight is 393 g/mol. The van der Waals surface area contributed by atoms with E-state index in [1.807, 2.05) is 42.9 Å². The fourth-order valence-electron chi connectivity index (χ4n) is 3.31. The monoisotopic (exact) mass is 393 g/mol. The minimum atomic E-state index is -0.638. The van der Waals surface area contributed by atoms with Crippen molar-refractivity contribution >= 4 is 0 Å². The van der Waals surface area contributed by atoms with Gasteiger partial charge in [-0.3, -0.25) is 0 Å². The third kappa shape index (κ3) is 3.95. The Morgan fingerprint density at radius 2 is 1.86 bits per heavy atom. The Bertz CT molecular complexity index is 1100. The SMILES string of the molecule is Cc1c([C@H](C)NCc2ccc(-n3cccn3)cc2)cnn1-c1ccc(F)cc1F. The Kier molecular flexibility index (Phi) is 5.22. The number of hydrogen-bond acceptors (Lipinski definition) is 3. The molecule has 4 rings (SSSR count). The van der Waals surface area contributed by atoms with E-state index in [0.29, 0.717) is 6.54 Å². The summed E-state index contributed by atoms with van der Waals surface area (Å²) < 4.78 is 30.6. The molecule has 1 atom stereocenters. The van der Waals surface area contributed by atoms with Gasteiger partial charge >= 0.3 is 0 Å². The molecule has 2 heterocycles. The highest BCUT2D eigenvalue weighted by molar-refractivity contribution is 5.37. The van der Waals surface area contributed by atoms with Gasteiger partial charge in [0.05, 0.1) is 11.9 Å². The fourth-order valence-corrected chi connectivity index (χ4v) is 3.31. The van der Waals surface area contributed by atoms with Crippen LogP contribution in [-0.2, 0) is 6.54 Å². The first kappa shape index (κ1) is 19.0. The lowest BCUT2D eigenvalue weighted by atomic mass is 10.1. The van der Waals surface area contributed by atoms with Gasteiger partial charge in [-0.1, -0.05) is 12.1 Å². The summed E-state index contributed by atoms with van der Waals surface area (Å²) >= 11 is 0. The van der Waals surface area contributed by atoms with Gasteiger partial charge in [0.25, 0.3) is 0 Å². The van der Waals surface area contributed by atoms with Crippen molar-refractivity contribution in [2.75, 3.05) is 0 Å². The molecule has 0 bridgehead atoms. The first-order valence-corrected chi connectivity index (χ1v) is 9.35. The molecular weight excluding hydrogens is 372 g/mol. The zero-order chi connectivity index (χ0) is 20.4. The second-order valence-electron chi connectivity index (χ2n) is 6.91. The van der Waals surface area contributed by atoms with Crippen molar-refractivity contribution in [3.05, 3.63) is 95.6 Å². The molecule has 5 nitrogen and oxygen atoms in total. The van der Waals surface area contributed by atoms with E-state index in [1.165, 1.54) is 16.8 Å². The molecule has 29 heavy (non-hydrogen) atoms. The standard InChI is InChI=1S/C22H21F2N5/c1-15(25-13-17-4-7-19(8-5-17)28-11-3-10-26-28)20-14-27-29(16(20)2)22-9-6-18(23)12-21(22)24/h3-12,14-15,25H,13H2,1-2H3/t15-/m0/s1. The van der Waals surface area contributed by atoms with Crippen molar-refractivity contribution < 1.29 is 8.78 Å². The van der Waals surface area contributed by atoms with E-state index in [0.717, 1.165) is 28.6 Å². The Labute approximate surface area is 167 Å². The number of nitrogens with one attached hydrogen (secondary N) is 1. The van der Waals surface area contributed by atoms with Crippen LogP contribution in [0.1, 0.15) is 29.8 Å². The molecule has 7 heteroatoms. The molecule has 0 amide bonds. The minimum Gasteiger partial charge on any atom is -0.306 e. The van der Waals surface area contributed by atoms with Gasteiger partial charge in [0.2, 0.25) is 0 Å². The Balaban J connectivity index is 1.45. The molecule has 0 aliphatic carbocycles. The highest BCUT2D eigenvalue weighted by Crippen LogP contribution is 2.22. The van der Waals surface area contributed by atoms with Gasteiger partial charge in [0, 0.05) is 42.3 Å². The van der Waals surface area contributed by atoms with Crippen molar-refractivity contribution in [1.29, 1.82) is 0 Å². The van der Waals surface area contributed by atoms with Crippen LogP contribution in [0.4, 0.5) is 8.78 Å². The van der Waals surface area contributed by atoms with Gasteiger partial charge in [0.15, 0.2) is 5.82 Å². The number of aromatic nitrogens is 4. The largest absolute Gasteiger partial charge is 0.306 e. The molecule has 1 N–H and O–H groups in total. The van der Waals surface area contributed by atoms with Crippen molar-refractivity contribution in [2.45, 2.75) is 26.4 Å². The summed E-state index contributed by atoms with van der Waals surface area (Å²) in [5, 5.41) is 12.0. The van der Waals surface area contributed by atoms with Gasteiger partial charge in [-0.05, 0) is 49.7 Å². The molecule has 0 saturated heterocycles. The van der Waals surface area contributed by atoms with Crippen LogP contribution >= 0.6 is 0 Å². The summed E-state index contributed by atoms with van der Waals surface area (Å²) in [6.45, 7) is 4.59. The van der Waals surface area contributed by atoms with Crippen LogP contribution in [0.3, 0.4) is 0 Å². The molecule has 0 aliphatic rings. The van der Waals surface area contributed by atoms with Crippen LogP contribution < -0.4 is 5.32 Å². The van der Waals surface area contributed by atoms with E-state index in [4.69, 9.17) is 0 Å². The van der Waals surface area contributed by atoms with Gasteiger partial charge in [-0.15, -0.1) is 0 Å². The molecule has 0 unspecified atom stereocenters.